The van der Waals surface area contributed by atoms with Crippen molar-refractivity contribution >= 4 is 11.8 Å². The van der Waals surface area contributed by atoms with Gasteiger partial charge in [0.2, 0.25) is 5.91 Å². The lowest BCUT2D eigenvalue weighted by Crippen LogP contribution is -2.41. The van der Waals surface area contributed by atoms with Gasteiger partial charge in [0.05, 0.1) is 6.54 Å². The molecule has 1 aromatic rings. The summed E-state index contributed by atoms with van der Waals surface area (Å²) in [5, 5.41) is 11.1. The fourth-order valence-electron chi connectivity index (χ4n) is 1.77. The lowest BCUT2D eigenvalue weighted by Gasteiger charge is -2.18. The van der Waals surface area contributed by atoms with Crippen LogP contribution in [0.15, 0.2) is 18.3 Å². The van der Waals surface area contributed by atoms with Crippen LogP contribution in [0, 0.1) is 0 Å². The van der Waals surface area contributed by atoms with E-state index in [-0.39, 0.29) is 19.1 Å². The summed E-state index contributed by atoms with van der Waals surface area (Å²) >= 11 is 0. The van der Waals surface area contributed by atoms with Crippen molar-refractivity contribution in [1.82, 2.24) is 14.8 Å². The molecule has 2 amide bonds. The summed E-state index contributed by atoms with van der Waals surface area (Å²) in [5.74, 6) is -0.721. The second-order valence-electron chi connectivity index (χ2n) is 4.33. The van der Waals surface area contributed by atoms with Crippen molar-refractivity contribution in [3.8, 4) is 0 Å². The molecule has 0 aliphatic rings. The molecule has 1 rings (SSSR count). The lowest BCUT2D eigenvalue weighted by atomic mass is 10.3. The Bertz CT molecular complexity index is 429. The fourth-order valence-corrected chi connectivity index (χ4v) is 1.77. The molecule has 0 saturated carbocycles. The molecule has 1 aromatic heterocycles. The van der Waals surface area contributed by atoms with E-state index < -0.39 is 5.91 Å². The fraction of sp³-hybridized carbons (Fsp3) is 0.538. The minimum Gasteiger partial charge on any atom is -0.396 e. The first-order valence-electron chi connectivity index (χ1n) is 6.37. The molecule has 0 saturated heterocycles. The molecule has 0 unspecified atom stereocenters. The SMILES string of the molecule is CCN(CCCO)CC(=O)NC(=O)c1cccn1C. The number of aliphatic hydroxyl groups is 1. The number of aromatic nitrogens is 1. The Morgan fingerprint density at radius 3 is 2.74 bits per heavy atom. The molecule has 0 atom stereocenters. The summed E-state index contributed by atoms with van der Waals surface area (Å²) in [7, 11) is 1.75. The van der Waals surface area contributed by atoms with Crippen LogP contribution in [-0.2, 0) is 11.8 Å². The smallest absolute Gasteiger partial charge is 0.274 e. The summed E-state index contributed by atoms with van der Waals surface area (Å²) < 4.78 is 1.66. The minimum absolute atomic E-state index is 0.0976. The predicted octanol–water partition coefficient (Wildman–Crippen LogP) is -0.0142. The predicted molar refractivity (Wildman–Crippen MR) is 71.7 cm³/mol. The van der Waals surface area contributed by atoms with Crippen LogP contribution in [0.25, 0.3) is 0 Å². The van der Waals surface area contributed by atoms with Crippen LogP contribution >= 0.6 is 0 Å². The third kappa shape index (κ3) is 4.84. The summed E-state index contributed by atoms with van der Waals surface area (Å²) in [6.07, 6.45) is 2.37. The third-order valence-corrected chi connectivity index (χ3v) is 2.88. The summed E-state index contributed by atoms with van der Waals surface area (Å²) in [5.41, 5.74) is 0.451. The van der Waals surface area contributed by atoms with Gasteiger partial charge in [0, 0.05) is 26.4 Å². The van der Waals surface area contributed by atoms with E-state index in [4.69, 9.17) is 5.11 Å². The van der Waals surface area contributed by atoms with Gasteiger partial charge in [-0.25, -0.2) is 0 Å². The first-order chi connectivity index (χ1) is 9.08. The molecule has 106 valence electrons. The molecule has 6 heteroatoms. The zero-order valence-electron chi connectivity index (χ0n) is 11.4. The maximum atomic E-state index is 11.8. The van der Waals surface area contributed by atoms with Gasteiger partial charge < -0.3 is 9.67 Å². The number of carbonyl (C=O) groups excluding carboxylic acids is 2. The molecule has 0 bridgehead atoms. The second kappa shape index (κ2) is 7.70. The average molecular weight is 267 g/mol. The molecule has 0 aliphatic carbocycles. The minimum atomic E-state index is -0.393. The van der Waals surface area contributed by atoms with Crippen molar-refractivity contribution in [2.24, 2.45) is 7.05 Å². The van der Waals surface area contributed by atoms with Crippen molar-refractivity contribution in [3.05, 3.63) is 24.0 Å². The van der Waals surface area contributed by atoms with Crippen LogP contribution in [0.2, 0.25) is 0 Å². The number of rotatable bonds is 7. The van der Waals surface area contributed by atoms with Gasteiger partial charge in [-0.1, -0.05) is 6.92 Å². The molecule has 19 heavy (non-hydrogen) atoms. The van der Waals surface area contributed by atoms with Gasteiger partial charge in [0.15, 0.2) is 0 Å². The molecule has 0 aliphatic heterocycles. The second-order valence-corrected chi connectivity index (χ2v) is 4.33. The number of imide groups is 1. The Hall–Kier alpha value is -1.66. The Morgan fingerprint density at radius 1 is 1.47 bits per heavy atom. The molecule has 0 spiro atoms. The van der Waals surface area contributed by atoms with Crippen LogP contribution in [0.5, 0.6) is 0 Å². The van der Waals surface area contributed by atoms with Crippen LogP contribution in [-0.4, -0.2) is 52.6 Å². The van der Waals surface area contributed by atoms with Crippen LogP contribution in [0.1, 0.15) is 23.8 Å². The van der Waals surface area contributed by atoms with Gasteiger partial charge in [-0.3, -0.25) is 19.8 Å². The number of nitrogens with zero attached hydrogens (tertiary/aromatic N) is 2. The van der Waals surface area contributed by atoms with Crippen LogP contribution in [0.4, 0.5) is 0 Å². The summed E-state index contributed by atoms with van der Waals surface area (Å²) in [4.78, 5) is 25.4. The number of nitrogens with one attached hydrogen (secondary N) is 1. The number of hydrogen-bond donors (Lipinski definition) is 2. The van der Waals surface area contributed by atoms with Crippen LogP contribution < -0.4 is 5.32 Å². The Labute approximate surface area is 113 Å². The maximum Gasteiger partial charge on any atom is 0.274 e. The van der Waals surface area contributed by atoms with Gasteiger partial charge >= 0.3 is 0 Å². The van der Waals surface area contributed by atoms with Gasteiger partial charge in [0.1, 0.15) is 5.69 Å². The highest BCUT2D eigenvalue weighted by Crippen LogP contribution is 1.99. The number of aliphatic hydroxyl groups excluding tert-OH is 1. The molecule has 0 aromatic carbocycles. The zero-order valence-corrected chi connectivity index (χ0v) is 11.4. The summed E-state index contributed by atoms with van der Waals surface area (Å²) in [6.45, 7) is 3.53. The van der Waals surface area contributed by atoms with E-state index in [1.54, 1.807) is 29.9 Å². The number of likely N-dealkylation sites (N-methyl/N-ethyl adjacent to an activating group) is 1. The number of hydrogen-bond acceptors (Lipinski definition) is 4. The average Bonchev–Trinajstić information content (AvgIpc) is 2.80. The topological polar surface area (TPSA) is 74.6 Å². The zero-order chi connectivity index (χ0) is 14.3. The number of aryl methyl sites for hydroxylation is 1. The molecule has 0 fully saturated rings. The largest absolute Gasteiger partial charge is 0.396 e. The van der Waals surface area contributed by atoms with Crippen molar-refractivity contribution in [1.29, 1.82) is 0 Å². The first-order valence-corrected chi connectivity index (χ1v) is 6.37. The van der Waals surface area contributed by atoms with Gasteiger partial charge in [-0.15, -0.1) is 0 Å². The summed E-state index contributed by atoms with van der Waals surface area (Å²) in [6, 6.07) is 3.41. The highest BCUT2D eigenvalue weighted by Gasteiger charge is 2.14. The van der Waals surface area contributed by atoms with E-state index in [9.17, 15) is 9.59 Å². The van der Waals surface area contributed by atoms with E-state index >= 15 is 0 Å². The quantitative estimate of drug-likeness (QED) is 0.728. The molecule has 1 heterocycles. The van der Waals surface area contributed by atoms with Crippen molar-refractivity contribution in [2.75, 3.05) is 26.2 Å². The highest BCUT2D eigenvalue weighted by molar-refractivity contribution is 6.04. The van der Waals surface area contributed by atoms with Crippen LogP contribution in [0.3, 0.4) is 0 Å². The highest BCUT2D eigenvalue weighted by atomic mass is 16.3. The van der Waals surface area contributed by atoms with Gasteiger partial charge in [-0.2, -0.15) is 0 Å². The number of carbonyl (C=O) groups is 2. The molecular weight excluding hydrogens is 246 g/mol. The standard InChI is InChI=1S/C13H21N3O3/c1-3-16(8-5-9-17)10-12(18)14-13(19)11-6-4-7-15(11)2/h4,6-7,17H,3,5,8-10H2,1-2H3,(H,14,18,19). The Kier molecular flexibility index (Phi) is 6.24. The van der Waals surface area contributed by atoms with Gasteiger partial charge in [0.25, 0.3) is 5.91 Å². The van der Waals surface area contributed by atoms with Gasteiger partial charge in [-0.05, 0) is 25.1 Å². The maximum absolute atomic E-state index is 11.8. The third-order valence-electron chi connectivity index (χ3n) is 2.88. The Balaban J connectivity index is 2.46. The molecule has 6 nitrogen and oxygen atoms in total. The van der Waals surface area contributed by atoms with Crippen molar-refractivity contribution < 1.29 is 14.7 Å². The first kappa shape index (κ1) is 15.4. The van der Waals surface area contributed by atoms with E-state index in [0.717, 1.165) is 0 Å². The normalized spacial score (nSPS) is 10.7. The Morgan fingerprint density at radius 2 is 2.21 bits per heavy atom. The number of amides is 2. The van der Waals surface area contributed by atoms with E-state index in [2.05, 4.69) is 5.32 Å². The van der Waals surface area contributed by atoms with Crippen molar-refractivity contribution in [2.45, 2.75) is 13.3 Å². The van der Waals surface area contributed by atoms with E-state index in [1.165, 1.54) is 0 Å². The molecule has 0 radical (unpaired) electrons. The monoisotopic (exact) mass is 267 g/mol. The van der Waals surface area contributed by atoms with Crippen molar-refractivity contribution in [3.63, 3.8) is 0 Å². The van der Waals surface area contributed by atoms with E-state index in [1.807, 2.05) is 11.8 Å². The molecule has 2 N–H and O–H groups in total. The van der Waals surface area contributed by atoms with E-state index in [0.29, 0.717) is 25.2 Å². The molecular formula is C13H21N3O3. The lowest BCUT2D eigenvalue weighted by molar-refractivity contribution is -0.121.